The second kappa shape index (κ2) is 7.18. The molecule has 2 aliphatic rings. The lowest BCUT2D eigenvalue weighted by Gasteiger charge is -2.24. The minimum atomic E-state index is -1.21. The van der Waals surface area contributed by atoms with Crippen LogP contribution in [0.5, 0.6) is 0 Å². The molecule has 0 atom stereocenters. The standard InChI is InChI=1S/C23H17Cl2FN2O3/c24-14-4-1-5-15(25)18(14)20(29)19-13-3-2-8-23(9-10-23)21(13)28(27-19)17-7-6-12(22(30)31)11-16(17)26/h1,4-7,11H,2-3,8-10H2,(H,30,31). The van der Waals surface area contributed by atoms with Crippen molar-refractivity contribution in [3.63, 3.8) is 0 Å². The van der Waals surface area contributed by atoms with Gasteiger partial charge < -0.3 is 5.11 Å². The van der Waals surface area contributed by atoms with Crippen molar-refractivity contribution in [1.29, 1.82) is 0 Å². The zero-order chi connectivity index (χ0) is 21.9. The van der Waals surface area contributed by atoms with Gasteiger partial charge in [0.05, 0.1) is 26.9 Å². The van der Waals surface area contributed by atoms with Gasteiger partial charge in [0.15, 0.2) is 0 Å². The van der Waals surface area contributed by atoms with Gasteiger partial charge in [-0.3, -0.25) is 4.79 Å². The van der Waals surface area contributed by atoms with Gasteiger partial charge in [-0.05, 0) is 62.4 Å². The van der Waals surface area contributed by atoms with E-state index in [4.69, 9.17) is 28.3 Å². The monoisotopic (exact) mass is 458 g/mol. The summed E-state index contributed by atoms with van der Waals surface area (Å²) < 4.78 is 16.4. The van der Waals surface area contributed by atoms with Crippen LogP contribution >= 0.6 is 23.2 Å². The summed E-state index contributed by atoms with van der Waals surface area (Å²) in [4.78, 5) is 24.7. The number of hydrogen-bond donors (Lipinski definition) is 1. The predicted octanol–water partition coefficient (Wildman–Crippen LogP) is 5.62. The van der Waals surface area contributed by atoms with Crippen molar-refractivity contribution in [1.82, 2.24) is 9.78 Å². The van der Waals surface area contributed by atoms with Crippen LogP contribution in [-0.2, 0) is 11.8 Å². The second-order valence-electron chi connectivity index (χ2n) is 8.12. The van der Waals surface area contributed by atoms with E-state index in [0.29, 0.717) is 6.42 Å². The number of ketones is 1. The molecule has 1 aromatic heterocycles. The molecule has 5 nitrogen and oxygen atoms in total. The Bertz CT molecular complexity index is 1240. The number of carboxylic acids is 1. The van der Waals surface area contributed by atoms with E-state index in [0.717, 1.165) is 43.0 Å². The van der Waals surface area contributed by atoms with Crippen LogP contribution in [0.4, 0.5) is 4.39 Å². The quantitative estimate of drug-likeness (QED) is 0.515. The highest BCUT2D eigenvalue weighted by Crippen LogP contribution is 2.56. The van der Waals surface area contributed by atoms with E-state index < -0.39 is 17.6 Å². The molecule has 31 heavy (non-hydrogen) atoms. The molecule has 2 aromatic carbocycles. The molecule has 1 heterocycles. The largest absolute Gasteiger partial charge is 0.478 e. The third-order valence-electron chi connectivity index (χ3n) is 6.25. The number of hydrogen-bond acceptors (Lipinski definition) is 3. The Morgan fingerprint density at radius 3 is 2.42 bits per heavy atom. The number of fused-ring (bicyclic) bond motifs is 2. The number of benzene rings is 2. The first-order valence-electron chi connectivity index (χ1n) is 9.97. The zero-order valence-electron chi connectivity index (χ0n) is 16.3. The maximum atomic E-state index is 14.9. The van der Waals surface area contributed by atoms with Gasteiger partial charge in [0.25, 0.3) is 0 Å². The molecule has 0 radical (unpaired) electrons. The van der Waals surface area contributed by atoms with Gasteiger partial charge in [-0.1, -0.05) is 29.3 Å². The predicted molar refractivity (Wildman–Crippen MR) is 114 cm³/mol. The lowest BCUT2D eigenvalue weighted by Crippen LogP contribution is -2.20. The van der Waals surface area contributed by atoms with E-state index in [9.17, 15) is 14.0 Å². The Kier molecular flexibility index (Phi) is 4.68. The van der Waals surface area contributed by atoms with Crippen molar-refractivity contribution in [2.24, 2.45) is 0 Å². The second-order valence-corrected chi connectivity index (χ2v) is 8.93. The molecule has 0 bridgehead atoms. The Hall–Kier alpha value is -2.70. The van der Waals surface area contributed by atoms with Crippen LogP contribution < -0.4 is 0 Å². The minimum absolute atomic E-state index is 0.124. The lowest BCUT2D eigenvalue weighted by atomic mass is 9.83. The number of aromatic carboxylic acids is 1. The van der Waals surface area contributed by atoms with Crippen molar-refractivity contribution in [2.75, 3.05) is 0 Å². The molecule has 1 spiro atoms. The van der Waals surface area contributed by atoms with Crippen molar-refractivity contribution >= 4 is 35.0 Å². The molecule has 5 rings (SSSR count). The number of halogens is 3. The van der Waals surface area contributed by atoms with Crippen LogP contribution in [0.2, 0.25) is 10.0 Å². The third kappa shape index (κ3) is 3.17. The average Bonchev–Trinajstić information content (AvgIpc) is 3.37. The summed E-state index contributed by atoms with van der Waals surface area (Å²) in [7, 11) is 0. The molecule has 1 N–H and O–H groups in total. The zero-order valence-corrected chi connectivity index (χ0v) is 17.8. The van der Waals surface area contributed by atoms with Crippen LogP contribution in [0.25, 0.3) is 5.69 Å². The van der Waals surface area contributed by atoms with Gasteiger partial charge >= 0.3 is 5.97 Å². The third-order valence-corrected chi connectivity index (χ3v) is 6.88. The topological polar surface area (TPSA) is 72.2 Å². The number of carboxylic acid groups (broad SMARTS) is 1. The number of aromatic nitrogens is 2. The Morgan fingerprint density at radius 2 is 1.81 bits per heavy atom. The number of rotatable bonds is 4. The number of carbonyl (C=O) groups is 2. The molecule has 0 amide bonds. The molecular formula is C23H17Cl2FN2O3. The van der Waals surface area contributed by atoms with Gasteiger partial charge in [-0.15, -0.1) is 0 Å². The normalized spacial score (nSPS) is 16.2. The summed E-state index contributed by atoms with van der Waals surface area (Å²) in [6, 6.07) is 8.55. The Labute approximate surface area is 187 Å². The van der Waals surface area contributed by atoms with Crippen molar-refractivity contribution in [3.05, 3.63) is 80.3 Å². The van der Waals surface area contributed by atoms with Gasteiger partial charge in [0.2, 0.25) is 5.78 Å². The molecule has 1 saturated carbocycles. The van der Waals surface area contributed by atoms with E-state index in [-0.39, 0.29) is 38.0 Å². The highest BCUT2D eigenvalue weighted by atomic mass is 35.5. The fourth-order valence-electron chi connectivity index (χ4n) is 4.59. The molecule has 158 valence electrons. The molecule has 1 fully saturated rings. The van der Waals surface area contributed by atoms with E-state index >= 15 is 0 Å². The Balaban J connectivity index is 1.72. The number of carbonyl (C=O) groups excluding carboxylic acids is 1. The maximum absolute atomic E-state index is 14.9. The van der Waals surface area contributed by atoms with Crippen LogP contribution in [0.15, 0.2) is 36.4 Å². The summed E-state index contributed by atoms with van der Waals surface area (Å²) in [6.07, 6.45) is 4.40. The van der Waals surface area contributed by atoms with Crippen molar-refractivity contribution < 1.29 is 19.1 Å². The molecule has 8 heteroatoms. The summed E-state index contributed by atoms with van der Waals surface area (Å²) in [5, 5.41) is 14.2. The first-order valence-corrected chi connectivity index (χ1v) is 10.7. The van der Waals surface area contributed by atoms with Crippen LogP contribution in [0, 0.1) is 5.82 Å². The van der Waals surface area contributed by atoms with Gasteiger partial charge in [0.1, 0.15) is 17.2 Å². The van der Waals surface area contributed by atoms with Crippen LogP contribution in [0.3, 0.4) is 0 Å². The highest BCUT2D eigenvalue weighted by molar-refractivity contribution is 6.41. The van der Waals surface area contributed by atoms with Gasteiger partial charge in [-0.2, -0.15) is 5.10 Å². The van der Waals surface area contributed by atoms with Gasteiger partial charge in [-0.25, -0.2) is 13.9 Å². The average molecular weight is 459 g/mol. The first kappa shape index (κ1) is 20.2. The fourth-order valence-corrected chi connectivity index (χ4v) is 5.16. The van der Waals surface area contributed by atoms with Gasteiger partial charge in [0, 0.05) is 11.0 Å². The van der Waals surface area contributed by atoms with Crippen LogP contribution in [0.1, 0.15) is 63.4 Å². The van der Waals surface area contributed by atoms with E-state index in [1.165, 1.54) is 16.8 Å². The molecule has 0 saturated heterocycles. The lowest BCUT2D eigenvalue weighted by molar-refractivity contribution is 0.0696. The fraction of sp³-hybridized carbons (Fsp3) is 0.261. The first-order chi connectivity index (χ1) is 14.8. The van der Waals surface area contributed by atoms with E-state index in [1.807, 2.05) is 0 Å². The Morgan fingerprint density at radius 1 is 1.10 bits per heavy atom. The SMILES string of the molecule is O=C(O)c1ccc(-n2nc(C(=O)c3c(Cl)cccc3Cl)c3c2C2(CCC3)CC2)c(F)c1. The van der Waals surface area contributed by atoms with Crippen molar-refractivity contribution in [3.8, 4) is 5.69 Å². The maximum Gasteiger partial charge on any atom is 0.335 e. The molecule has 2 aliphatic carbocycles. The molecule has 0 unspecified atom stereocenters. The summed E-state index contributed by atoms with van der Waals surface area (Å²) in [5.74, 6) is -2.32. The summed E-state index contributed by atoms with van der Waals surface area (Å²) in [6.45, 7) is 0. The summed E-state index contributed by atoms with van der Waals surface area (Å²) >= 11 is 12.5. The minimum Gasteiger partial charge on any atom is -0.478 e. The summed E-state index contributed by atoms with van der Waals surface area (Å²) in [5.41, 5.74) is 1.88. The molecule has 0 aliphatic heterocycles. The molecular weight excluding hydrogens is 442 g/mol. The van der Waals surface area contributed by atoms with E-state index in [2.05, 4.69) is 5.10 Å². The van der Waals surface area contributed by atoms with E-state index in [1.54, 1.807) is 18.2 Å². The molecule has 3 aromatic rings. The smallest absolute Gasteiger partial charge is 0.335 e. The van der Waals surface area contributed by atoms with Crippen molar-refractivity contribution in [2.45, 2.75) is 37.5 Å². The number of nitrogens with zero attached hydrogens (tertiary/aromatic N) is 2. The highest BCUT2D eigenvalue weighted by Gasteiger charge is 2.51. The van der Waals surface area contributed by atoms with Crippen LogP contribution in [-0.4, -0.2) is 26.6 Å².